The molecule has 0 bridgehead atoms. The molecule has 4 aromatic rings. The molecule has 9 heteroatoms. The molecule has 3 N–H and O–H groups in total. The molecule has 0 atom stereocenters. The van der Waals surface area contributed by atoms with Gasteiger partial charge in [0.2, 0.25) is 0 Å². The number of aromatic nitrogens is 1. The molecule has 34 heavy (non-hydrogen) atoms. The maximum Gasteiger partial charge on any atom is 0.328 e. The second-order valence-corrected chi connectivity index (χ2v) is 8.35. The van der Waals surface area contributed by atoms with E-state index >= 15 is 0 Å². The highest BCUT2D eigenvalue weighted by atomic mass is 35.5. The Morgan fingerprint density at radius 1 is 0.794 bits per heavy atom. The van der Waals surface area contributed by atoms with Crippen molar-refractivity contribution in [2.24, 2.45) is 0 Å². The van der Waals surface area contributed by atoms with E-state index < -0.39 is 17.7 Å². The van der Waals surface area contributed by atoms with Gasteiger partial charge in [-0.15, -0.1) is 0 Å². The van der Waals surface area contributed by atoms with Gasteiger partial charge in [-0.3, -0.25) is 19.8 Å². The number of hydrogen-bond acceptors (Lipinski definition) is 3. The van der Waals surface area contributed by atoms with E-state index in [-0.39, 0.29) is 5.69 Å². The molecule has 0 radical (unpaired) electrons. The van der Waals surface area contributed by atoms with E-state index in [2.05, 4.69) is 16.1 Å². The van der Waals surface area contributed by atoms with Crippen LogP contribution in [0.2, 0.25) is 10.0 Å². The number of carbonyl (C=O) groups excluding carboxylic acids is 3. The van der Waals surface area contributed by atoms with Crippen LogP contribution in [0, 0.1) is 0 Å². The van der Waals surface area contributed by atoms with Crippen LogP contribution >= 0.6 is 23.2 Å². The maximum atomic E-state index is 13.0. The summed E-state index contributed by atoms with van der Waals surface area (Å²) in [7, 11) is 0. The lowest BCUT2D eigenvalue weighted by Gasteiger charge is -2.13. The molecule has 0 aliphatic rings. The molecule has 172 valence electrons. The van der Waals surface area contributed by atoms with Gasteiger partial charge in [0.1, 0.15) is 5.69 Å². The van der Waals surface area contributed by atoms with Gasteiger partial charge in [-0.1, -0.05) is 48.3 Å². The van der Waals surface area contributed by atoms with Crippen molar-refractivity contribution in [2.75, 3.05) is 16.1 Å². The number of nitrogens with one attached hydrogen (secondary N) is 3. The highest BCUT2D eigenvalue weighted by Crippen LogP contribution is 2.24. The molecule has 3 aromatic carbocycles. The van der Waals surface area contributed by atoms with E-state index in [1.165, 1.54) is 4.68 Å². The average Bonchev–Trinajstić information content (AvgIpc) is 3.17. The predicted octanol–water partition coefficient (Wildman–Crippen LogP) is 5.47. The molecule has 1 heterocycles. The van der Waals surface area contributed by atoms with Gasteiger partial charge in [0.05, 0.1) is 5.52 Å². The molecule has 0 saturated carbocycles. The Morgan fingerprint density at radius 2 is 1.53 bits per heavy atom. The fourth-order valence-electron chi connectivity index (χ4n) is 3.40. The van der Waals surface area contributed by atoms with Gasteiger partial charge in [-0.2, -0.15) is 0 Å². The van der Waals surface area contributed by atoms with Crippen LogP contribution in [0.15, 0.2) is 72.8 Å². The number of fused-ring (bicyclic) bond motifs is 1. The van der Waals surface area contributed by atoms with Crippen LogP contribution in [0.1, 0.15) is 23.0 Å². The Balaban J connectivity index is 1.60. The Kier molecular flexibility index (Phi) is 6.86. The zero-order valence-corrected chi connectivity index (χ0v) is 19.6. The molecule has 0 unspecified atom stereocenters. The quantitative estimate of drug-likeness (QED) is 0.321. The van der Waals surface area contributed by atoms with Gasteiger partial charge in [0, 0.05) is 26.8 Å². The van der Waals surface area contributed by atoms with Crippen LogP contribution in [0.25, 0.3) is 10.9 Å². The Labute approximate surface area is 205 Å². The number of halogens is 2. The summed E-state index contributed by atoms with van der Waals surface area (Å²) in [5.41, 5.74) is 5.18. The molecule has 3 amide bonds. The molecule has 0 aliphatic carbocycles. The normalized spacial score (nSPS) is 10.7. The number of aryl methyl sites for hydroxylation is 1. The fourth-order valence-corrected chi connectivity index (χ4v) is 3.77. The number of rotatable bonds is 5. The highest BCUT2D eigenvalue weighted by Gasteiger charge is 2.21. The van der Waals surface area contributed by atoms with Crippen molar-refractivity contribution in [1.82, 2.24) is 4.68 Å². The van der Waals surface area contributed by atoms with Crippen LogP contribution in [-0.2, 0) is 16.0 Å². The van der Waals surface area contributed by atoms with Gasteiger partial charge in [0.15, 0.2) is 0 Å². The highest BCUT2D eigenvalue weighted by molar-refractivity contribution is 6.42. The molecule has 4 rings (SSSR count). The van der Waals surface area contributed by atoms with E-state index in [9.17, 15) is 14.4 Å². The van der Waals surface area contributed by atoms with Crippen molar-refractivity contribution in [3.05, 3.63) is 94.1 Å². The number of amides is 3. The summed E-state index contributed by atoms with van der Waals surface area (Å²) < 4.78 is 1.26. The lowest BCUT2D eigenvalue weighted by molar-refractivity contribution is -0.133. The summed E-state index contributed by atoms with van der Waals surface area (Å²) >= 11 is 12.1. The number of carbonyl (C=O) groups is 3. The first-order chi connectivity index (χ1) is 16.3. The summed E-state index contributed by atoms with van der Waals surface area (Å²) in [6.07, 6.45) is 0.861. The summed E-state index contributed by atoms with van der Waals surface area (Å²) in [6.45, 7) is 2.02. The van der Waals surface area contributed by atoms with Crippen molar-refractivity contribution in [3.63, 3.8) is 0 Å². The molecule has 7 nitrogen and oxygen atoms in total. The molecule has 0 fully saturated rings. The minimum atomic E-state index is -0.941. The Morgan fingerprint density at radius 3 is 2.24 bits per heavy atom. The van der Waals surface area contributed by atoms with E-state index in [4.69, 9.17) is 23.2 Å². The molecule has 0 saturated heterocycles. The molecule has 0 spiro atoms. The van der Waals surface area contributed by atoms with Gasteiger partial charge in [-0.25, -0.2) is 4.68 Å². The minimum absolute atomic E-state index is 0.102. The van der Waals surface area contributed by atoms with Gasteiger partial charge in [0.25, 0.3) is 5.91 Å². The van der Waals surface area contributed by atoms with Gasteiger partial charge < -0.3 is 10.6 Å². The number of hydrogen-bond donors (Lipinski definition) is 3. The molecule has 1 aromatic heterocycles. The first kappa shape index (κ1) is 23.4. The third kappa shape index (κ3) is 5.22. The lowest BCUT2D eigenvalue weighted by Crippen LogP contribution is -2.36. The van der Waals surface area contributed by atoms with Crippen molar-refractivity contribution >= 4 is 63.2 Å². The van der Waals surface area contributed by atoms with Gasteiger partial charge in [-0.05, 0) is 66.6 Å². The van der Waals surface area contributed by atoms with Crippen LogP contribution in [0.3, 0.4) is 0 Å². The number of benzene rings is 3. The first-order valence-corrected chi connectivity index (χ1v) is 11.2. The smallest absolute Gasteiger partial charge is 0.321 e. The van der Waals surface area contributed by atoms with E-state index in [0.717, 1.165) is 12.0 Å². The maximum absolute atomic E-state index is 13.0. The third-order valence-electron chi connectivity index (χ3n) is 5.12. The zero-order chi connectivity index (χ0) is 24.2. The summed E-state index contributed by atoms with van der Waals surface area (Å²) in [6, 6.07) is 20.4. The largest absolute Gasteiger partial charge is 0.328 e. The van der Waals surface area contributed by atoms with Gasteiger partial charge >= 0.3 is 11.8 Å². The lowest BCUT2D eigenvalue weighted by atomic mass is 10.1. The van der Waals surface area contributed by atoms with E-state index in [1.807, 2.05) is 19.1 Å². The second-order valence-electron chi connectivity index (χ2n) is 7.48. The second kappa shape index (κ2) is 9.99. The zero-order valence-electron chi connectivity index (χ0n) is 18.1. The third-order valence-corrected chi connectivity index (χ3v) is 5.59. The topological polar surface area (TPSA) is 92.2 Å². The van der Waals surface area contributed by atoms with Crippen molar-refractivity contribution in [1.29, 1.82) is 0 Å². The van der Waals surface area contributed by atoms with Crippen LogP contribution in [-0.4, -0.2) is 22.4 Å². The first-order valence-electron chi connectivity index (χ1n) is 10.4. The fraction of sp³-hybridized carbons (Fsp3) is 0.0800. The van der Waals surface area contributed by atoms with Crippen molar-refractivity contribution < 1.29 is 14.4 Å². The van der Waals surface area contributed by atoms with Crippen LogP contribution in [0.5, 0.6) is 0 Å². The Hall–Kier alpha value is -3.81. The van der Waals surface area contributed by atoms with Crippen molar-refractivity contribution in [2.45, 2.75) is 13.3 Å². The molecular weight excluding hydrogens is 475 g/mol. The van der Waals surface area contributed by atoms with E-state index in [0.29, 0.717) is 32.3 Å². The Bertz CT molecular complexity index is 1400. The number of nitrogens with zero attached hydrogens (tertiary/aromatic N) is 1. The molecular formula is C25H20Cl2N4O3. The average molecular weight is 495 g/mol. The monoisotopic (exact) mass is 494 g/mol. The number of anilines is 2. The summed E-state index contributed by atoms with van der Waals surface area (Å²) in [5.74, 6) is -2.32. The standard InChI is InChI=1S/C25H20Cl2N4O3/c1-2-15-6-9-19(10-7-15)28-24(33)25(34)30-31-21-11-8-18(27)12-16(21)13-22(31)23(32)29-20-5-3-4-17(26)14-20/h3-14H,2H2,1H3,(H,28,33)(H,29,32)(H,30,34). The molecule has 0 aliphatic heterocycles. The summed E-state index contributed by atoms with van der Waals surface area (Å²) in [4.78, 5) is 38.3. The van der Waals surface area contributed by atoms with Crippen molar-refractivity contribution in [3.8, 4) is 0 Å². The SMILES string of the molecule is CCc1ccc(NC(=O)C(=O)Nn2c(C(=O)Nc3cccc(Cl)c3)cc3cc(Cl)ccc32)cc1. The predicted molar refractivity (Wildman–Crippen MR) is 135 cm³/mol. The van der Waals surface area contributed by atoms with Crippen LogP contribution < -0.4 is 16.1 Å². The summed E-state index contributed by atoms with van der Waals surface area (Å²) in [5, 5.41) is 6.83. The van der Waals surface area contributed by atoms with E-state index in [1.54, 1.807) is 60.7 Å². The minimum Gasteiger partial charge on any atom is -0.321 e. The van der Waals surface area contributed by atoms with Crippen LogP contribution in [0.4, 0.5) is 11.4 Å².